The quantitative estimate of drug-likeness (QED) is 0.254. The molecule has 1 aromatic carbocycles. The number of aliphatic hydroxyl groups excluding tert-OH is 2. The van der Waals surface area contributed by atoms with Crippen LogP contribution in [0.15, 0.2) is 65.3 Å². The number of benzene rings is 1. The molecule has 38 heavy (non-hydrogen) atoms. The molecule has 4 rings (SSSR count). The Bertz CT molecular complexity index is 1220. The highest BCUT2D eigenvalue weighted by molar-refractivity contribution is 6.04. The van der Waals surface area contributed by atoms with E-state index in [0.717, 1.165) is 16.7 Å². The van der Waals surface area contributed by atoms with Crippen molar-refractivity contribution < 1.29 is 40.2 Å². The molecule has 0 saturated heterocycles. The van der Waals surface area contributed by atoms with Crippen LogP contribution in [0, 0.1) is 11.8 Å². The van der Waals surface area contributed by atoms with Crippen molar-refractivity contribution in [3.05, 3.63) is 76.4 Å². The van der Waals surface area contributed by atoms with Gasteiger partial charge in [-0.1, -0.05) is 30.3 Å². The van der Waals surface area contributed by atoms with Gasteiger partial charge in [0.15, 0.2) is 17.4 Å². The molecule has 8 heteroatoms. The Labute approximate surface area is 222 Å². The van der Waals surface area contributed by atoms with E-state index in [1.165, 1.54) is 26.0 Å². The first-order valence-electron chi connectivity index (χ1n) is 13.0. The Morgan fingerprint density at radius 3 is 2.63 bits per heavy atom. The van der Waals surface area contributed by atoms with Gasteiger partial charge in [0.05, 0.1) is 12.2 Å². The van der Waals surface area contributed by atoms with E-state index in [2.05, 4.69) is 0 Å². The summed E-state index contributed by atoms with van der Waals surface area (Å²) in [7, 11) is 0. The van der Waals surface area contributed by atoms with Crippen molar-refractivity contribution >= 4 is 17.1 Å². The highest BCUT2D eigenvalue weighted by Gasteiger charge is 2.54. The Balaban J connectivity index is 1.45. The van der Waals surface area contributed by atoms with Crippen LogP contribution >= 0.6 is 0 Å². The van der Waals surface area contributed by atoms with Crippen LogP contribution < -0.4 is 0 Å². The molecular weight excluding hydrogens is 488 g/mol. The second-order valence-electron chi connectivity index (χ2n) is 11.0. The summed E-state index contributed by atoms with van der Waals surface area (Å²) in [5.74, 6) is -7.00. The highest BCUT2D eigenvalue weighted by atomic mass is 16.5. The average molecular weight is 525 g/mol. The number of hydrogen-bond donors (Lipinski definition) is 6. The molecular formula is C30H36O8. The number of ketones is 2. The van der Waals surface area contributed by atoms with E-state index in [-0.39, 0.29) is 31.5 Å². The lowest BCUT2D eigenvalue weighted by atomic mass is 9.88. The van der Waals surface area contributed by atoms with Crippen molar-refractivity contribution in [3.8, 4) is 0 Å². The maximum Gasteiger partial charge on any atom is 0.227 e. The normalized spacial score (nSPS) is 25.7. The lowest BCUT2D eigenvalue weighted by Gasteiger charge is -2.23. The minimum atomic E-state index is -2.57. The second-order valence-corrected chi connectivity index (χ2v) is 11.0. The van der Waals surface area contributed by atoms with E-state index < -0.39 is 41.4 Å². The number of Topliss-reactive ketones (excluding diaryl/α,β-unsaturated/α-hetero) is 2. The van der Waals surface area contributed by atoms with E-state index in [1.54, 1.807) is 0 Å². The summed E-state index contributed by atoms with van der Waals surface area (Å²) < 4.78 is 0. The number of aliphatic hydroxyl groups is 6. The molecule has 1 fully saturated rings. The van der Waals surface area contributed by atoms with E-state index in [4.69, 9.17) is 0 Å². The summed E-state index contributed by atoms with van der Waals surface area (Å²) in [4.78, 5) is 26.1. The van der Waals surface area contributed by atoms with Gasteiger partial charge in [0.1, 0.15) is 0 Å². The maximum atomic E-state index is 13.2. The molecule has 0 spiro atoms. The smallest absolute Gasteiger partial charge is 0.227 e. The van der Waals surface area contributed by atoms with Crippen LogP contribution in [0.3, 0.4) is 0 Å². The van der Waals surface area contributed by atoms with Crippen molar-refractivity contribution in [1.29, 1.82) is 0 Å². The van der Waals surface area contributed by atoms with E-state index in [1.807, 2.05) is 36.4 Å². The van der Waals surface area contributed by atoms with E-state index >= 15 is 0 Å². The third-order valence-corrected chi connectivity index (χ3v) is 7.59. The summed E-state index contributed by atoms with van der Waals surface area (Å²) in [5.41, 5.74) is 4.31. The van der Waals surface area contributed by atoms with Gasteiger partial charge in [-0.05, 0) is 85.6 Å². The standard InChI is InChI=1S/C30H36O8/c1-17(31)10-23-15-26(28(34)30(23,37)38)25-16-24(32)13-22(25)14-27(33)21-7-6-20(12-21)19-5-3-4-18(11-19)8-9-29(2,35)36/h3-5,7,11-13,16-17,23-24,26,31-32,35-38H,6,8-10,14-15H2,1-2H3. The van der Waals surface area contributed by atoms with Gasteiger partial charge in [0, 0.05) is 30.3 Å². The minimum Gasteiger partial charge on any atom is -0.393 e. The molecule has 0 aromatic heterocycles. The third-order valence-electron chi connectivity index (χ3n) is 7.59. The lowest BCUT2D eigenvalue weighted by Crippen LogP contribution is -2.42. The number of carbonyl (C=O) groups excluding carboxylic acids is 2. The summed E-state index contributed by atoms with van der Waals surface area (Å²) in [6.07, 6.45) is 6.23. The number of hydrogen-bond acceptors (Lipinski definition) is 8. The number of carbonyl (C=O) groups is 2. The fourth-order valence-corrected chi connectivity index (χ4v) is 5.60. The van der Waals surface area contributed by atoms with Gasteiger partial charge in [0.25, 0.3) is 0 Å². The second kappa shape index (κ2) is 10.8. The lowest BCUT2D eigenvalue weighted by molar-refractivity contribution is -0.195. The van der Waals surface area contributed by atoms with Gasteiger partial charge < -0.3 is 30.6 Å². The summed E-state index contributed by atoms with van der Waals surface area (Å²) in [6.45, 7) is 2.86. The first kappa shape index (κ1) is 28.3. The Hall–Kier alpha value is -2.72. The molecule has 6 N–H and O–H groups in total. The molecule has 204 valence electrons. The highest BCUT2D eigenvalue weighted by Crippen LogP contribution is 2.45. The molecule has 1 saturated carbocycles. The molecule has 0 radical (unpaired) electrons. The van der Waals surface area contributed by atoms with Crippen molar-refractivity contribution in [2.75, 3.05) is 0 Å². The van der Waals surface area contributed by atoms with Crippen LogP contribution in [0.1, 0.15) is 57.1 Å². The topological polar surface area (TPSA) is 156 Å². The predicted molar refractivity (Wildman–Crippen MR) is 140 cm³/mol. The number of allylic oxidation sites excluding steroid dienone is 6. The van der Waals surface area contributed by atoms with Gasteiger partial charge in [-0.3, -0.25) is 9.59 Å². The van der Waals surface area contributed by atoms with Gasteiger partial charge in [-0.15, -0.1) is 0 Å². The number of rotatable bonds is 10. The summed E-state index contributed by atoms with van der Waals surface area (Å²) >= 11 is 0. The van der Waals surface area contributed by atoms with Crippen LogP contribution in [0.5, 0.6) is 0 Å². The monoisotopic (exact) mass is 524 g/mol. The Morgan fingerprint density at radius 2 is 1.95 bits per heavy atom. The van der Waals surface area contributed by atoms with Gasteiger partial charge in [-0.2, -0.15) is 0 Å². The molecule has 0 amide bonds. The zero-order valence-corrected chi connectivity index (χ0v) is 21.7. The van der Waals surface area contributed by atoms with Crippen LogP contribution in [0.4, 0.5) is 0 Å². The fourth-order valence-electron chi connectivity index (χ4n) is 5.60. The van der Waals surface area contributed by atoms with Crippen LogP contribution in [0.2, 0.25) is 0 Å². The zero-order valence-electron chi connectivity index (χ0n) is 21.7. The fraction of sp³-hybridized carbons (Fsp3) is 0.467. The Kier molecular flexibility index (Phi) is 8.04. The van der Waals surface area contributed by atoms with Gasteiger partial charge >= 0.3 is 0 Å². The molecule has 3 aliphatic carbocycles. The molecule has 3 aliphatic rings. The molecule has 1 aromatic rings. The van der Waals surface area contributed by atoms with Crippen LogP contribution in [-0.4, -0.2) is 66.0 Å². The predicted octanol–water partition coefficient (Wildman–Crippen LogP) is 1.88. The number of aryl methyl sites for hydroxylation is 1. The minimum absolute atomic E-state index is 0.0428. The molecule has 0 heterocycles. The molecule has 4 unspecified atom stereocenters. The van der Waals surface area contributed by atoms with Crippen molar-refractivity contribution in [2.24, 2.45) is 11.8 Å². The van der Waals surface area contributed by atoms with E-state index in [0.29, 0.717) is 29.6 Å². The van der Waals surface area contributed by atoms with Crippen molar-refractivity contribution in [2.45, 2.75) is 76.2 Å². The summed E-state index contributed by atoms with van der Waals surface area (Å²) in [5, 5.41) is 60.0. The summed E-state index contributed by atoms with van der Waals surface area (Å²) in [6, 6.07) is 7.72. The van der Waals surface area contributed by atoms with Crippen LogP contribution in [0.25, 0.3) is 5.57 Å². The largest absolute Gasteiger partial charge is 0.393 e. The molecule has 0 aliphatic heterocycles. The first-order chi connectivity index (χ1) is 17.7. The zero-order chi connectivity index (χ0) is 27.8. The van der Waals surface area contributed by atoms with Crippen molar-refractivity contribution in [3.63, 3.8) is 0 Å². The van der Waals surface area contributed by atoms with Crippen molar-refractivity contribution in [1.82, 2.24) is 0 Å². The molecule has 4 atom stereocenters. The Morgan fingerprint density at radius 1 is 1.21 bits per heavy atom. The first-order valence-corrected chi connectivity index (χ1v) is 13.0. The van der Waals surface area contributed by atoms with Gasteiger partial charge in [0.2, 0.25) is 5.79 Å². The third kappa shape index (κ3) is 6.29. The average Bonchev–Trinajstić information content (AvgIpc) is 3.51. The van der Waals surface area contributed by atoms with Gasteiger partial charge in [-0.25, -0.2) is 0 Å². The SMILES string of the molecule is CC(O)CC1CC(C2=CC(O)C=C2CC(=O)C2=CCC(c3cccc(CCC(C)(O)O)c3)=C2)C(=O)C1(O)O. The molecule has 8 nitrogen and oxygen atoms in total. The maximum absolute atomic E-state index is 13.2. The van der Waals surface area contributed by atoms with E-state index in [9.17, 15) is 40.2 Å². The molecule has 0 bridgehead atoms. The van der Waals surface area contributed by atoms with Crippen LogP contribution in [-0.2, 0) is 16.0 Å².